The third-order valence-electron chi connectivity index (χ3n) is 6.40. The molecule has 3 saturated heterocycles. The fourth-order valence-electron chi connectivity index (χ4n) is 4.68. The van der Waals surface area contributed by atoms with E-state index >= 15 is 0 Å². The van der Waals surface area contributed by atoms with Crippen molar-refractivity contribution in [3.8, 4) is 0 Å². The maximum absolute atomic E-state index is 13.0. The summed E-state index contributed by atoms with van der Waals surface area (Å²) in [5.74, 6) is 2.79. The minimum Gasteiger partial charge on any atom is -0.381 e. The quantitative estimate of drug-likeness (QED) is 0.838. The number of H-pyrrole nitrogens is 1. The van der Waals surface area contributed by atoms with Crippen LogP contribution in [0.4, 0.5) is 0 Å². The van der Waals surface area contributed by atoms with Crippen LogP contribution in [0.25, 0.3) is 0 Å². The van der Waals surface area contributed by atoms with E-state index in [4.69, 9.17) is 9.47 Å². The van der Waals surface area contributed by atoms with E-state index in [0.717, 1.165) is 83.1 Å². The van der Waals surface area contributed by atoms with Crippen LogP contribution in [0.15, 0.2) is 0 Å². The molecule has 4 rings (SSSR count). The molecule has 1 N–H and O–H groups in total. The van der Waals surface area contributed by atoms with Gasteiger partial charge in [0.05, 0.1) is 6.04 Å². The van der Waals surface area contributed by atoms with Gasteiger partial charge < -0.3 is 14.4 Å². The van der Waals surface area contributed by atoms with Crippen LogP contribution in [0.3, 0.4) is 0 Å². The van der Waals surface area contributed by atoms with Gasteiger partial charge in [0, 0.05) is 58.5 Å². The van der Waals surface area contributed by atoms with Gasteiger partial charge in [0.25, 0.3) is 0 Å². The Morgan fingerprint density at radius 1 is 1.04 bits per heavy atom. The maximum Gasteiger partial charge on any atom is 0.225 e. The van der Waals surface area contributed by atoms with Crippen molar-refractivity contribution >= 4 is 5.91 Å². The lowest BCUT2D eigenvalue weighted by molar-refractivity contribution is -0.138. The fourth-order valence-corrected chi connectivity index (χ4v) is 4.68. The Balaban J connectivity index is 1.45. The third kappa shape index (κ3) is 4.72. The Morgan fingerprint density at radius 3 is 2.43 bits per heavy atom. The molecule has 8 nitrogen and oxygen atoms in total. The van der Waals surface area contributed by atoms with E-state index < -0.39 is 0 Å². The number of aryl methyl sites for hydroxylation is 1. The van der Waals surface area contributed by atoms with Gasteiger partial charge in [-0.3, -0.25) is 14.8 Å². The number of aromatic nitrogens is 3. The minimum atomic E-state index is 0.125. The number of aromatic amines is 1. The molecule has 3 aliphatic rings. The summed E-state index contributed by atoms with van der Waals surface area (Å²) in [6.07, 6.45) is 4.81. The van der Waals surface area contributed by atoms with Gasteiger partial charge in [0.2, 0.25) is 5.91 Å². The summed E-state index contributed by atoms with van der Waals surface area (Å²) in [4.78, 5) is 22.3. The second-order valence-electron chi connectivity index (χ2n) is 8.35. The van der Waals surface area contributed by atoms with Crippen LogP contribution in [0.2, 0.25) is 0 Å². The third-order valence-corrected chi connectivity index (χ3v) is 6.40. The van der Waals surface area contributed by atoms with Crippen molar-refractivity contribution < 1.29 is 14.3 Å². The molecule has 0 bridgehead atoms. The molecule has 0 radical (unpaired) electrons. The van der Waals surface area contributed by atoms with E-state index in [0.29, 0.717) is 25.0 Å². The Kier molecular flexibility index (Phi) is 6.59. The van der Waals surface area contributed by atoms with Crippen molar-refractivity contribution in [1.29, 1.82) is 0 Å². The number of hydrogen-bond donors (Lipinski definition) is 1. The monoisotopic (exact) mass is 391 g/mol. The van der Waals surface area contributed by atoms with Gasteiger partial charge in [-0.15, -0.1) is 0 Å². The Labute approximate surface area is 167 Å². The van der Waals surface area contributed by atoms with Crippen molar-refractivity contribution in [3.05, 3.63) is 11.6 Å². The van der Waals surface area contributed by atoms with Crippen molar-refractivity contribution in [3.63, 3.8) is 0 Å². The van der Waals surface area contributed by atoms with Crippen molar-refractivity contribution in [2.24, 2.45) is 11.8 Å². The minimum absolute atomic E-state index is 0.125. The molecule has 3 aliphatic heterocycles. The standard InChI is InChI=1S/C20H33N5O3/c1-15-21-19(23-22-15)18-2-7-24(20(26)17-5-12-28-13-6-17)8-9-25(18)14-16-3-10-27-11-4-16/h16-18H,2-14H2,1H3,(H,21,22,23). The molecular weight excluding hydrogens is 358 g/mol. The largest absolute Gasteiger partial charge is 0.381 e. The van der Waals surface area contributed by atoms with Crippen molar-refractivity contribution in [2.45, 2.75) is 45.1 Å². The number of nitrogens with one attached hydrogen (secondary N) is 1. The molecule has 3 fully saturated rings. The molecular formula is C20H33N5O3. The van der Waals surface area contributed by atoms with Gasteiger partial charge in [-0.1, -0.05) is 0 Å². The Bertz CT molecular complexity index is 640. The predicted octanol–water partition coefficient (Wildman–Crippen LogP) is 1.54. The molecule has 4 heterocycles. The first kappa shape index (κ1) is 19.8. The zero-order valence-electron chi connectivity index (χ0n) is 16.9. The molecule has 8 heteroatoms. The first-order chi connectivity index (χ1) is 13.7. The van der Waals surface area contributed by atoms with Gasteiger partial charge >= 0.3 is 0 Å². The van der Waals surface area contributed by atoms with E-state index in [1.165, 1.54) is 0 Å². The normalized spacial score (nSPS) is 26.3. The number of hydrogen-bond acceptors (Lipinski definition) is 6. The van der Waals surface area contributed by atoms with E-state index in [1.54, 1.807) is 0 Å². The van der Waals surface area contributed by atoms with Crippen molar-refractivity contribution in [2.75, 3.05) is 52.6 Å². The summed E-state index contributed by atoms with van der Waals surface area (Å²) < 4.78 is 11.0. The fraction of sp³-hybridized carbons (Fsp3) is 0.850. The first-order valence-electron chi connectivity index (χ1n) is 10.8. The average molecular weight is 392 g/mol. The molecule has 28 heavy (non-hydrogen) atoms. The highest BCUT2D eigenvalue weighted by molar-refractivity contribution is 5.79. The lowest BCUT2D eigenvalue weighted by Gasteiger charge is -2.33. The predicted molar refractivity (Wildman–Crippen MR) is 104 cm³/mol. The molecule has 0 aliphatic carbocycles. The number of amides is 1. The van der Waals surface area contributed by atoms with Gasteiger partial charge in [-0.2, -0.15) is 5.10 Å². The Morgan fingerprint density at radius 2 is 1.75 bits per heavy atom. The lowest BCUT2D eigenvalue weighted by atomic mass is 9.98. The number of carbonyl (C=O) groups is 1. The summed E-state index contributed by atoms with van der Waals surface area (Å²) in [5.41, 5.74) is 0. The van der Waals surface area contributed by atoms with Gasteiger partial charge in [0.15, 0.2) is 5.82 Å². The summed E-state index contributed by atoms with van der Waals surface area (Å²) in [5, 5.41) is 7.46. The molecule has 1 aromatic rings. The van der Waals surface area contributed by atoms with E-state index in [2.05, 4.69) is 25.0 Å². The van der Waals surface area contributed by atoms with E-state index in [1.807, 2.05) is 6.92 Å². The number of ether oxygens (including phenoxy) is 2. The molecule has 0 spiro atoms. The SMILES string of the molecule is Cc1nc(C2CCN(C(=O)C3CCOCC3)CCN2CC2CCOCC2)n[nH]1. The zero-order chi connectivity index (χ0) is 19.3. The van der Waals surface area contributed by atoms with Crippen LogP contribution < -0.4 is 0 Å². The second-order valence-corrected chi connectivity index (χ2v) is 8.35. The van der Waals surface area contributed by atoms with Crippen LogP contribution >= 0.6 is 0 Å². The molecule has 1 atom stereocenters. The molecule has 1 unspecified atom stereocenters. The Hall–Kier alpha value is -1.51. The molecule has 156 valence electrons. The topological polar surface area (TPSA) is 83.6 Å². The summed E-state index contributed by atoms with van der Waals surface area (Å²) >= 11 is 0. The zero-order valence-corrected chi connectivity index (χ0v) is 16.9. The maximum atomic E-state index is 13.0. The molecule has 1 aromatic heterocycles. The average Bonchev–Trinajstić information content (AvgIpc) is 3.05. The first-order valence-corrected chi connectivity index (χ1v) is 10.8. The van der Waals surface area contributed by atoms with Gasteiger partial charge in [-0.05, 0) is 44.9 Å². The van der Waals surface area contributed by atoms with Crippen LogP contribution in [-0.4, -0.2) is 83.5 Å². The molecule has 1 amide bonds. The lowest BCUT2D eigenvalue weighted by Crippen LogP contribution is -2.41. The summed E-state index contributed by atoms with van der Waals surface area (Å²) in [7, 11) is 0. The van der Waals surface area contributed by atoms with E-state index in [9.17, 15) is 4.79 Å². The highest BCUT2D eigenvalue weighted by Crippen LogP contribution is 2.29. The van der Waals surface area contributed by atoms with Crippen LogP contribution in [0, 0.1) is 18.8 Å². The van der Waals surface area contributed by atoms with Crippen LogP contribution in [0.5, 0.6) is 0 Å². The highest BCUT2D eigenvalue weighted by atomic mass is 16.5. The molecule has 0 aromatic carbocycles. The van der Waals surface area contributed by atoms with Gasteiger partial charge in [-0.25, -0.2) is 4.98 Å². The smallest absolute Gasteiger partial charge is 0.225 e. The van der Waals surface area contributed by atoms with E-state index in [-0.39, 0.29) is 12.0 Å². The second kappa shape index (κ2) is 9.33. The number of nitrogens with zero attached hydrogens (tertiary/aromatic N) is 4. The molecule has 0 saturated carbocycles. The highest BCUT2D eigenvalue weighted by Gasteiger charge is 2.33. The van der Waals surface area contributed by atoms with Crippen LogP contribution in [-0.2, 0) is 14.3 Å². The van der Waals surface area contributed by atoms with Crippen molar-refractivity contribution in [1.82, 2.24) is 25.0 Å². The number of carbonyl (C=O) groups excluding carboxylic acids is 1. The summed E-state index contributed by atoms with van der Waals surface area (Å²) in [6.45, 7) is 8.55. The van der Waals surface area contributed by atoms with Gasteiger partial charge in [0.1, 0.15) is 5.82 Å². The number of rotatable bonds is 4. The summed E-state index contributed by atoms with van der Waals surface area (Å²) in [6, 6.07) is 0.167. The van der Waals surface area contributed by atoms with Crippen LogP contribution in [0.1, 0.15) is 49.8 Å².